The van der Waals surface area contributed by atoms with E-state index in [1.807, 2.05) is 54.6 Å². The summed E-state index contributed by atoms with van der Waals surface area (Å²) in [6.07, 6.45) is -0.321. The second-order valence-electron chi connectivity index (χ2n) is 5.67. The number of hydrogen-bond acceptors (Lipinski definition) is 3. The highest BCUT2D eigenvalue weighted by Gasteiger charge is 2.32. The Labute approximate surface area is 133 Å². The predicted molar refractivity (Wildman–Crippen MR) is 87.5 cm³/mol. The Bertz CT molecular complexity index is 927. The number of esters is 1. The molecule has 3 aromatic rings. The predicted octanol–water partition coefficient (Wildman–Crippen LogP) is 4.32. The minimum atomic E-state index is -0.488. The first-order valence-electron chi connectivity index (χ1n) is 7.54. The summed E-state index contributed by atoms with van der Waals surface area (Å²) in [4.78, 5) is 24.4. The fraction of sp³-hybridized carbons (Fsp3) is 0.100. The minimum Gasteiger partial charge on any atom is -0.453 e. The zero-order valence-corrected chi connectivity index (χ0v) is 12.4. The number of Topliss-reactive ketones (excluding diaryl/α,β-unsaturated/α-hetero) is 1. The van der Waals surface area contributed by atoms with Crippen molar-refractivity contribution in [1.82, 2.24) is 0 Å². The van der Waals surface area contributed by atoms with E-state index in [-0.39, 0.29) is 18.2 Å². The average Bonchev–Trinajstić information content (AvgIpc) is 2.91. The Balaban J connectivity index is 1.61. The van der Waals surface area contributed by atoms with Gasteiger partial charge in [0.15, 0.2) is 5.78 Å². The molecular formula is C20H14O3. The van der Waals surface area contributed by atoms with E-state index in [1.54, 1.807) is 12.1 Å². The summed E-state index contributed by atoms with van der Waals surface area (Å²) in [6.45, 7) is 0. The quantitative estimate of drug-likeness (QED) is 0.534. The molecule has 0 bridgehead atoms. The number of benzene rings is 3. The van der Waals surface area contributed by atoms with Crippen LogP contribution in [0.2, 0.25) is 0 Å². The molecule has 23 heavy (non-hydrogen) atoms. The molecule has 3 aromatic carbocycles. The van der Waals surface area contributed by atoms with Crippen molar-refractivity contribution in [2.75, 3.05) is 0 Å². The van der Waals surface area contributed by atoms with Gasteiger partial charge in [-0.2, -0.15) is 0 Å². The van der Waals surface area contributed by atoms with Crippen molar-refractivity contribution in [3.63, 3.8) is 0 Å². The molecule has 1 atom stereocenters. The van der Waals surface area contributed by atoms with E-state index in [9.17, 15) is 9.59 Å². The molecule has 0 N–H and O–H groups in total. The van der Waals surface area contributed by atoms with Crippen LogP contribution in [0.3, 0.4) is 0 Å². The molecule has 3 nitrogen and oxygen atoms in total. The van der Waals surface area contributed by atoms with Crippen LogP contribution in [-0.2, 0) is 4.74 Å². The van der Waals surface area contributed by atoms with Crippen molar-refractivity contribution in [1.29, 1.82) is 0 Å². The van der Waals surface area contributed by atoms with Crippen LogP contribution in [0.25, 0.3) is 10.8 Å². The first-order chi connectivity index (χ1) is 11.2. The van der Waals surface area contributed by atoms with Gasteiger partial charge in [0.2, 0.25) is 0 Å². The smallest absolute Gasteiger partial charge is 0.339 e. The fourth-order valence-electron chi connectivity index (χ4n) is 3.02. The Morgan fingerprint density at radius 1 is 0.913 bits per heavy atom. The lowest BCUT2D eigenvalue weighted by Crippen LogP contribution is -2.07. The Hall–Kier alpha value is -2.94. The number of ketones is 1. The molecule has 1 aliphatic rings. The summed E-state index contributed by atoms with van der Waals surface area (Å²) in [5.41, 5.74) is 2.00. The molecule has 0 saturated carbocycles. The van der Waals surface area contributed by atoms with Gasteiger partial charge < -0.3 is 4.74 Å². The van der Waals surface area contributed by atoms with Gasteiger partial charge in [-0.05, 0) is 22.9 Å². The number of fused-ring (bicyclic) bond motifs is 2. The molecule has 0 aliphatic carbocycles. The normalized spacial score (nSPS) is 16.2. The van der Waals surface area contributed by atoms with Gasteiger partial charge in [0.25, 0.3) is 0 Å². The molecule has 0 aromatic heterocycles. The molecule has 0 amide bonds. The Kier molecular flexibility index (Phi) is 3.19. The molecule has 0 spiro atoms. The van der Waals surface area contributed by atoms with Gasteiger partial charge in [0, 0.05) is 11.1 Å². The molecule has 1 heterocycles. The van der Waals surface area contributed by atoms with Crippen molar-refractivity contribution < 1.29 is 14.3 Å². The number of carbonyl (C=O) groups is 2. The summed E-state index contributed by atoms with van der Waals surface area (Å²) in [5.74, 6) is -0.373. The van der Waals surface area contributed by atoms with Gasteiger partial charge in [-0.15, -0.1) is 0 Å². The number of carbonyl (C=O) groups excluding carboxylic acids is 2. The summed E-state index contributed by atoms with van der Waals surface area (Å²) >= 11 is 0. The Morgan fingerprint density at radius 2 is 1.65 bits per heavy atom. The van der Waals surface area contributed by atoms with E-state index in [4.69, 9.17) is 4.74 Å². The van der Waals surface area contributed by atoms with Crippen molar-refractivity contribution in [3.05, 3.63) is 83.4 Å². The van der Waals surface area contributed by atoms with E-state index < -0.39 is 6.10 Å². The molecule has 4 rings (SSSR count). The molecule has 0 saturated heterocycles. The number of hydrogen-bond donors (Lipinski definition) is 0. The molecule has 0 unspecified atom stereocenters. The van der Waals surface area contributed by atoms with Crippen molar-refractivity contribution in [2.24, 2.45) is 0 Å². The number of cyclic esters (lactones) is 1. The third kappa shape index (κ3) is 2.40. The highest BCUT2D eigenvalue weighted by atomic mass is 16.5. The van der Waals surface area contributed by atoms with Crippen LogP contribution in [0.15, 0.2) is 66.7 Å². The van der Waals surface area contributed by atoms with Crippen LogP contribution >= 0.6 is 0 Å². The fourth-order valence-corrected chi connectivity index (χ4v) is 3.02. The third-order valence-corrected chi connectivity index (χ3v) is 4.22. The number of ether oxygens (including phenoxy) is 1. The summed E-state index contributed by atoms with van der Waals surface area (Å²) in [6, 6.07) is 20.8. The highest BCUT2D eigenvalue weighted by molar-refractivity contribution is 6.01. The number of rotatable bonds is 3. The van der Waals surface area contributed by atoms with Crippen LogP contribution < -0.4 is 0 Å². The lowest BCUT2D eigenvalue weighted by atomic mass is 9.97. The van der Waals surface area contributed by atoms with E-state index in [0.29, 0.717) is 11.1 Å². The molecule has 3 heteroatoms. The average molecular weight is 302 g/mol. The molecule has 0 fully saturated rings. The topological polar surface area (TPSA) is 43.4 Å². The van der Waals surface area contributed by atoms with Gasteiger partial charge in [-0.3, -0.25) is 4.79 Å². The second-order valence-corrected chi connectivity index (χ2v) is 5.67. The first kappa shape index (κ1) is 13.7. The maximum absolute atomic E-state index is 12.6. The highest BCUT2D eigenvalue weighted by Crippen LogP contribution is 2.33. The van der Waals surface area contributed by atoms with Crippen molar-refractivity contribution in [3.8, 4) is 0 Å². The SMILES string of the molecule is O=C(C[C@@H]1OC(=O)c2ccccc21)c1ccc2ccccc2c1. The zero-order chi connectivity index (χ0) is 15.8. The van der Waals surface area contributed by atoms with Gasteiger partial charge in [-0.25, -0.2) is 4.79 Å². The summed E-state index contributed by atoms with van der Waals surface area (Å²) in [5, 5.41) is 2.13. The first-order valence-corrected chi connectivity index (χ1v) is 7.54. The van der Waals surface area contributed by atoms with E-state index >= 15 is 0 Å². The van der Waals surface area contributed by atoms with Crippen LogP contribution in [-0.4, -0.2) is 11.8 Å². The van der Waals surface area contributed by atoms with Gasteiger partial charge in [0.1, 0.15) is 6.10 Å². The lowest BCUT2D eigenvalue weighted by Gasteiger charge is -2.10. The van der Waals surface area contributed by atoms with Crippen molar-refractivity contribution in [2.45, 2.75) is 12.5 Å². The van der Waals surface area contributed by atoms with Crippen LogP contribution in [0.1, 0.15) is 38.8 Å². The van der Waals surface area contributed by atoms with Gasteiger partial charge in [0.05, 0.1) is 12.0 Å². The van der Waals surface area contributed by atoms with Gasteiger partial charge in [-0.1, -0.05) is 54.6 Å². The van der Waals surface area contributed by atoms with Crippen molar-refractivity contribution >= 4 is 22.5 Å². The van der Waals surface area contributed by atoms with Crippen LogP contribution in [0.5, 0.6) is 0 Å². The lowest BCUT2D eigenvalue weighted by molar-refractivity contribution is 0.0367. The van der Waals surface area contributed by atoms with Crippen LogP contribution in [0.4, 0.5) is 0 Å². The van der Waals surface area contributed by atoms with Gasteiger partial charge >= 0.3 is 5.97 Å². The van der Waals surface area contributed by atoms with E-state index in [1.165, 1.54) is 0 Å². The molecule has 0 radical (unpaired) electrons. The zero-order valence-electron chi connectivity index (χ0n) is 12.4. The molecular weight excluding hydrogens is 288 g/mol. The summed E-state index contributed by atoms with van der Waals surface area (Å²) < 4.78 is 5.35. The summed E-state index contributed by atoms with van der Waals surface area (Å²) in [7, 11) is 0. The third-order valence-electron chi connectivity index (χ3n) is 4.22. The monoisotopic (exact) mass is 302 g/mol. The molecule has 112 valence electrons. The van der Waals surface area contributed by atoms with E-state index in [2.05, 4.69) is 0 Å². The second kappa shape index (κ2) is 5.36. The minimum absolute atomic E-state index is 0.0229. The maximum Gasteiger partial charge on any atom is 0.339 e. The van der Waals surface area contributed by atoms with Crippen LogP contribution in [0, 0.1) is 0 Å². The standard InChI is InChI=1S/C20H14O3/c21-18(15-10-9-13-5-1-2-6-14(13)11-15)12-19-16-7-3-4-8-17(16)20(22)23-19/h1-11,19H,12H2/t19-/m0/s1. The maximum atomic E-state index is 12.6. The molecule has 1 aliphatic heterocycles. The Morgan fingerprint density at radius 3 is 2.52 bits per heavy atom. The largest absolute Gasteiger partial charge is 0.453 e. The van der Waals surface area contributed by atoms with E-state index in [0.717, 1.165) is 16.3 Å².